The third kappa shape index (κ3) is 4.53. The fourth-order valence-electron chi connectivity index (χ4n) is 1.65. The van der Waals surface area contributed by atoms with Crippen molar-refractivity contribution in [3.8, 4) is 0 Å². The predicted molar refractivity (Wildman–Crippen MR) is 69.7 cm³/mol. The molecule has 0 bridgehead atoms. The van der Waals surface area contributed by atoms with E-state index in [1.807, 2.05) is 18.2 Å². The lowest BCUT2D eigenvalue weighted by molar-refractivity contribution is -0.118. The number of amides is 1. The Labute approximate surface area is 103 Å². The molecule has 4 nitrogen and oxygen atoms in total. The Morgan fingerprint density at radius 1 is 1.47 bits per heavy atom. The highest BCUT2D eigenvalue weighted by molar-refractivity contribution is 5.91. The van der Waals surface area contributed by atoms with E-state index in [-0.39, 0.29) is 5.91 Å². The molecule has 0 aliphatic rings. The number of carbonyl (C=O) groups excluding carboxylic acids is 1. The third-order valence-corrected chi connectivity index (χ3v) is 2.88. The average molecular weight is 235 g/mol. The third-order valence-electron chi connectivity index (χ3n) is 2.88. The summed E-state index contributed by atoms with van der Waals surface area (Å²) in [5.74, 6) is 1.30. The summed E-state index contributed by atoms with van der Waals surface area (Å²) in [6, 6.07) is 5.55. The van der Waals surface area contributed by atoms with Crippen LogP contribution in [0.15, 0.2) is 24.4 Å². The lowest BCUT2D eigenvalue weighted by atomic mass is 10.0. The molecule has 1 rings (SSSR count). The quantitative estimate of drug-likeness (QED) is 0.818. The van der Waals surface area contributed by atoms with E-state index in [1.54, 1.807) is 18.1 Å². The number of hydrogen-bond donors (Lipinski definition) is 1. The summed E-state index contributed by atoms with van der Waals surface area (Å²) in [7, 11) is 1.76. The molecule has 17 heavy (non-hydrogen) atoms. The Hall–Kier alpha value is -1.42. The average Bonchev–Trinajstić information content (AvgIpc) is 2.36. The van der Waals surface area contributed by atoms with Gasteiger partial charge in [0.15, 0.2) is 0 Å². The van der Waals surface area contributed by atoms with Crippen LogP contribution in [0.5, 0.6) is 0 Å². The van der Waals surface area contributed by atoms with Crippen LogP contribution in [-0.4, -0.2) is 24.5 Å². The van der Waals surface area contributed by atoms with Gasteiger partial charge in [-0.05, 0) is 37.4 Å². The highest BCUT2D eigenvalue weighted by Crippen LogP contribution is 2.13. The van der Waals surface area contributed by atoms with Crippen molar-refractivity contribution in [2.45, 2.75) is 26.2 Å². The van der Waals surface area contributed by atoms with Crippen LogP contribution in [0.25, 0.3) is 0 Å². The number of hydrogen-bond acceptors (Lipinski definition) is 3. The van der Waals surface area contributed by atoms with Crippen molar-refractivity contribution in [3.63, 3.8) is 0 Å². The van der Waals surface area contributed by atoms with E-state index >= 15 is 0 Å². The van der Waals surface area contributed by atoms with Gasteiger partial charge in [-0.3, -0.25) is 9.69 Å². The Bertz CT molecular complexity index is 340. The predicted octanol–water partition coefficient (Wildman–Crippen LogP) is 1.81. The van der Waals surface area contributed by atoms with Crippen molar-refractivity contribution >= 4 is 11.7 Å². The molecule has 1 amide bonds. The Kier molecular flexibility index (Phi) is 5.63. The minimum atomic E-state index is 0.104. The first-order chi connectivity index (χ1) is 8.15. The fraction of sp³-hybridized carbons (Fsp3) is 0.538. The standard InChI is InChI=1S/C13H21N3O/c1-11(8-9-14)6-7-13(17)16(2)12-5-3-4-10-15-12/h3-5,10-11H,6-9,14H2,1-2H3. The van der Waals surface area contributed by atoms with Gasteiger partial charge in [-0.25, -0.2) is 4.98 Å². The zero-order valence-corrected chi connectivity index (χ0v) is 10.6. The molecule has 0 saturated heterocycles. The molecule has 0 radical (unpaired) electrons. The first-order valence-corrected chi connectivity index (χ1v) is 6.02. The van der Waals surface area contributed by atoms with Crippen molar-refractivity contribution in [2.75, 3.05) is 18.5 Å². The fourth-order valence-corrected chi connectivity index (χ4v) is 1.65. The summed E-state index contributed by atoms with van der Waals surface area (Å²) in [5, 5.41) is 0. The van der Waals surface area contributed by atoms with Crippen LogP contribution in [-0.2, 0) is 4.79 Å². The van der Waals surface area contributed by atoms with Crippen LogP contribution >= 0.6 is 0 Å². The second-order valence-corrected chi connectivity index (χ2v) is 4.36. The normalized spacial score (nSPS) is 12.2. The van der Waals surface area contributed by atoms with E-state index in [0.29, 0.717) is 24.7 Å². The summed E-state index contributed by atoms with van der Waals surface area (Å²) in [6.07, 6.45) is 4.10. The number of aromatic nitrogens is 1. The number of rotatable bonds is 6. The van der Waals surface area contributed by atoms with E-state index in [1.165, 1.54) is 0 Å². The maximum absolute atomic E-state index is 11.9. The van der Waals surface area contributed by atoms with Gasteiger partial charge in [0.25, 0.3) is 0 Å². The van der Waals surface area contributed by atoms with Crippen LogP contribution in [0.4, 0.5) is 5.82 Å². The summed E-state index contributed by atoms with van der Waals surface area (Å²) in [4.78, 5) is 17.7. The maximum atomic E-state index is 11.9. The van der Waals surface area contributed by atoms with Crippen molar-refractivity contribution in [3.05, 3.63) is 24.4 Å². The molecule has 1 atom stereocenters. The lowest BCUT2D eigenvalue weighted by Crippen LogP contribution is -2.27. The Morgan fingerprint density at radius 3 is 2.82 bits per heavy atom. The summed E-state index contributed by atoms with van der Waals surface area (Å²) < 4.78 is 0. The molecule has 0 fully saturated rings. The van der Waals surface area contributed by atoms with Gasteiger partial charge in [-0.2, -0.15) is 0 Å². The SMILES string of the molecule is CC(CCN)CCC(=O)N(C)c1ccccn1. The molecular weight excluding hydrogens is 214 g/mol. The van der Waals surface area contributed by atoms with Crippen LogP contribution in [0.3, 0.4) is 0 Å². The molecule has 2 N–H and O–H groups in total. The monoisotopic (exact) mass is 235 g/mol. The zero-order chi connectivity index (χ0) is 12.7. The Balaban J connectivity index is 2.43. The summed E-state index contributed by atoms with van der Waals surface area (Å²) in [5.41, 5.74) is 5.48. The molecule has 1 aromatic heterocycles. The van der Waals surface area contributed by atoms with Gasteiger partial charge in [-0.15, -0.1) is 0 Å². The number of pyridine rings is 1. The van der Waals surface area contributed by atoms with Crippen molar-refractivity contribution in [1.29, 1.82) is 0 Å². The molecule has 94 valence electrons. The first kappa shape index (κ1) is 13.6. The van der Waals surface area contributed by atoms with E-state index in [0.717, 1.165) is 12.8 Å². The van der Waals surface area contributed by atoms with Crippen LogP contribution in [0, 0.1) is 5.92 Å². The highest BCUT2D eigenvalue weighted by atomic mass is 16.2. The lowest BCUT2D eigenvalue weighted by Gasteiger charge is -2.17. The van der Waals surface area contributed by atoms with Gasteiger partial charge >= 0.3 is 0 Å². The molecule has 0 aromatic carbocycles. The molecule has 1 unspecified atom stereocenters. The molecule has 1 aromatic rings. The van der Waals surface area contributed by atoms with Gasteiger partial charge < -0.3 is 5.73 Å². The molecule has 0 aliphatic carbocycles. The molecule has 0 spiro atoms. The van der Waals surface area contributed by atoms with Crippen molar-refractivity contribution in [1.82, 2.24) is 4.98 Å². The van der Waals surface area contributed by atoms with Crippen LogP contribution < -0.4 is 10.6 Å². The minimum absolute atomic E-state index is 0.104. The van der Waals surface area contributed by atoms with E-state index in [2.05, 4.69) is 11.9 Å². The van der Waals surface area contributed by atoms with Gasteiger partial charge in [0.1, 0.15) is 5.82 Å². The molecule has 1 heterocycles. The molecule has 0 saturated carbocycles. The van der Waals surface area contributed by atoms with Gasteiger partial charge in [0.05, 0.1) is 0 Å². The first-order valence-electron chi connectivity index (χ1n) is 6.02. The molecule has 4 heteroatoms. The van der Waals surface area contributed by atoms with Crippen molar-refractivity contribution in [2.24, 2.45) is 11.7 Å². The molecule has 0 aliphatic heterocycles. The summed E-state index contributed by atoms with van der Waals surface area (Å²) in [6.45, 7) is 2.81. The smallest absolute Gasteiger partial charge is 0.227 e. The Morgan fingerprint density at radius 2 is 2.24 bits per heavy atom. The number of nitrogens with two attached hydrogens (primary N) is 1. The van der Waals surface area contributed by atoms with Gasteiger partial charge in [0.2, 0.25) is 5.91 Å². The highest BCUT2D eigenvalue weighted by Gasteiger charge is 2.12. The van der Waals surface area contributed by atoms with E-state index in [9.17, 15) is 4.79 Å². The molecular formula is C13H21N3O. The second-order valence-electron chi connectivity index (χ2n) is 4.36. The topological polar surface area (TPSA) is 59.2 Å². The van der Waals surface area contributed by atoms with E-state index < -0.39 is 0 Å². The number of carbonyl (C=O) groups is 1. The van der Waals surface area contributed by atoms with Crippen LogP contribution in [0.2, 0.25) is 0 Å². The minimum Gasteiger partial charge on any atom is -0.330 e. The summed E-state index contributed by atoms with van der Waals surface area (Å²) >= 11 is 0. The zero-order valence-electron chi connectivity index (χ0n) is 10.6. The van der Waals surface area contributed by atoms with E-state index in [4.69, 9.17) is 5.73 Å². The number of anilines is 1. The van der Waals surface area contributed by atoms with Gasteiger partial charge in [0, 0.05) is 19.7 Å². The number of nitrogens with zero attached hydrogens (tertiary/aromatic N) is 2. The maximum Gasteiger partial charge on any atom is 0.227 e. The van der Waals surface area contributed by atoms with Crippen LogP contribution in [0.1, 0.15) is 26.2 Å². The second kappa shape index (κ2) is 7.01. The van der Waals surface area contributed by atoms with Gasteiger partial charge in [-0.1, -0.05) is 13.0 Å². The van der Waals surface area contributed by atoms with Crippen molar-refractivity contribution < 1.29 is 4.79 Å². The largest absolute Gasteiger partial charge is 0.330 e.